The first-order valence-corrected chi connectivity index (χ1v) is 6.78. The Morgan fingerprint density at radius 2 is 1.89 bits per heavy atom. The van der Waals surface area contributed by atoms with E-state index >= 15 is 0 Å². The van der Waals surface area contributed by atoms with Crippen LogP contribution in [0, 0.1) is 5.92 Å². The van der Waals surface area contributed by atoms with Crippen LogP contribution in [-0.2, 0) is 0 Å². The molecule has 3 nitrogen and oxygen atoms in total. The predicted molar refractivity (Wildman–Crippen MR) is 70.1 cm³/mol. The van der Waals surface area contributed by atoms with Crippen LogP contribution in [-0.4, -0.2) is 30.0 Å². The summed E-state index contributed by atoms with van der Waals surface area (Å²) >= 11 is 0. The minimum absolute atomic E-state index is 0.201. The lowest BCUT2D eigenvalue weighted by Crippen LogP contribution is -2.53. The molecule has 0 amide bonds. The van der Waals surface area contributed by atoms with E-state index in [-0.39, 0.29) is 11.5 Å². The summed E-state index contributed by atoms with van der Waals surface area (Å²) in [5.41, 5.74) is 0.718. The van der Waals surface area contributed by atoms with Gasteiger partial charge in [0.2, 0.25) is 0 Å². The molecule has 1 N–H and O–H groups in total. The molecule has 0 aromatic heterocycles. The summed E-state index contributed by atoms with van der Waals surface area (Å²) in [5, 5.41) is 9.23. The second-order valence-electron chi connectivity index (χ2n) is 5.54. The van der Waals surface area contributed by atoms with Gasteiger partial charge in [0.15, 0.2) is 5.78 Å². The smallest absolute Gasteiger partial charge is 0.168 e. The van der Waals surface area contributed by atoms with Crippen molar-refractivity contribution < 1.29 is 9.90 Å². The van der Waals surface area contributed by atoms with E-state index in [0.29, 0.717) is 12.5 Å². The van der Waals surface area contributed by atoms with Crippen LogP contribution in [0.1, 0.15) is 36.0 Å². The van der Waals surface area contributed by atoms with Gasteiger partial charge in [-0.25, -0.2) is 0 Å². The van der Waals surface area contributed by atoms with E-state index < -0.39 is 0 Å². The summed E-state index contributed by atoms with van der Waals surface area (Å²) in [5.74, 6) is 1.26. The molecule has 1 unspecified atom stereocenters. The molecule has 3 aliphatic heterocycles. The number of Topliss-reactive ketones (excluding diaryl/α,β-unsaturated/α-hetero) is 1. The molecule has 2 bridgehead atoms. The molecule has 0 spiro atoms. The molecular formula is C15H19NO2+. The van der Waals surface area contributed by atoms with Gasteiger partial charge < -0.3 is 5.11 Å². The maximum Gasteiger partial charge on any atom is 0.168 e. The predicted octanol–water partition coefficient (Wildman–Crippen LogP) is 2.29. The number of nitrogens with zero attached hydrogens (tertiary/aromatic N) is 1. The molecule has 3 heterocycles. The molecule has 0 saturated carbocycles. The summed E-state index contributed by atoms with van der Waals surface area (Å²) < 4.78 is 0. The highest BCUT2D eigenvalue weighted by Crippen LogP contribution is 2.32. The number of ketones is 1. The van der Waals surface area contributed by atoms with Crippen molar-refractivity contribution >= 4 is 5.78 Å². The second kappa shape index (κ2) is 4.73. The normalized spacial score (nSPS) is 30.3. The maximum atomic E-state index is 12.2. The van der Waals surface area contributed by atoms with Gasteiger partial charge in [-0.3, -0.25) is 4.79 Å². The summed E-state index contributed by atoms with van der Waals surface area (Å²) in [6, 6.07) is 7.04. The van der Waals surface area contributed by atoms with Gasteiger partial charge in [0.1, 0.15) is 24.9 Å². The first-order chi connectivity index (χ1) is 8.72. The van der Waals surface area contributed by atoms with Gasteiger partial charge in [0.05, 0.1) is 6.42 Å². The fourth-order valence-corrected chi connectivity index (χ4v) is 3.28. The molecular weight excluding hydrogens is 226 g/mol. The number of carbonyl (C=O) groups excluding carboxylic acids is 1. The Balaban J connectivity index is 1.66. The minimum atomic E-state index is 0.201. The van der Waals surface area contributed by atoms with Crippen LogP contribution in [0.2, 0.25) is 0 Å². The van der Waals surface area contributed by atoms with Crippen LogP contribution >= 0.6 is 0 Å². The Morgan fingerprint density at radius 1 is 1.22 bits per heavy atom. The van der Waals surface area contributed by atoms with E-state index in [9.17, 15) is 9.90 Å². The number of fused-ring (bicyclic) bond motifs is 3. The Bertz CT molecular complexity index is 432. The zero-order valence-electron chi connectivity index (χ0n) is 10.5. The van der Waals surface area contributed by atoms with Crippen molar-refractivity contribution in [3.05, 3.63) is 29.8 Å². The highest BCUT2D eigenvalue weighted by molar-refractivity contribution is 5.96. The van der Waals surface area contributed by atoms with Gasteiger partial charge in [-0.05, 0) is 30.2 Å². The highest BCUT2D eigenvalue weighted by atomic mass is 16.3. The Hall–Kier alpha value is -1.35. The molecule has 3 heteroatoms. The lowest BCUT2D eigenvalue weighted by Gasteiger charge is -2.37. The number of hydrogen-bond acceptors (Lipinski definition) is 3. The average molecular weight is 245 g/mol. The van der Waals surface area contributed by atoms with Crippen LogP contribution in [0.25, 0.3) is 0 Å². The topological polar surface area (TPSA) is 43.2 Å². The van der Waals surface area contributed by atoms with Gasteiger partial charge in [-0.15, -0.1) is 0 Å². The van der Waals surface area contributed by atoms with E-state index in [1.165, 1.54) is 19.3 Å². The SMILES string of the molecule is O=C(CC1CC2CC[N+]1CC2)c1ccc(O)cc1. The van der Waals surface area contributed by atoms with Crippen molar-refractivity contribution in [1.82, 2.24) is 4.90 Å². The number of rotatable bonds is 3. The largest absolute Gasteiger partial charge is 0.508 e. The van der Waals surface area contributed by atoms with Crippen molar-refractivity contribution in [3.8, 4) is 5.75 Å². The Morgan fingerprint density at radius 3 is 2.44 bits per heavy atom. The van der Waals surface area contributed by atoms with Crippen molar-refractivity contribution in [2.75, 3.05) is 13.1 Å². The molecule has 1 aromatic rings. The lowest BCUT2D eigenvalue weighted by atomic mass is 9.81. The standard InChI is InChI=1S/C15H19NO2/c17-14-3-1-12(2-4-14)15(18)10-13-9-11-5-7-16(13)8-6-11/h1-4,11,13,17H,5-10H2/q+1. The number of piperidine rings is 3. The van der Waals surface area contributed by atoms with Crippen LogP contribution in [0.5, 0.6) is 5.75 Å². The van der Waals surface area contributed by atoms with Crippen LogP contribution < -0.4 is 4.90 Å². The first-order valence-electron chi connectivity index (χ1n) is 6.78. The zero-order chi connectivity index (χ0) is 12.5. The first kappa shape index (κ1) is 11.7. The van der Waals surface area contributed by atoms with E-state index in [0.717, 1.165) is 24.6 Å². The number of phenols is 1. The molecule has 95 valence electrons. The van der Waals surface area contributed by atoms with E-state index in [4.69, 9.17) is 0 Å². The van der Waals surface area contributed by atoms with Gasteiger partial charge in [0.25, 0.3) is 0 Å². The zero-order valence-corrected chi connectivity index (χ0v) is 10.5. The third-order valence-corrected chi connectivity index (χ3v) is 4.38. The van der Waals surface area contributed by atoms with Crippen molar-refractivity contribution in [3.63, 3.8) is 0 Å². The summed E-state index contributed by atoms with van der Waals surface area (Å²) in [6.07, 6.45) is 4.43. The summed E-state index contributed by atoms with van der Waals surface area (Å²) in [6.45, 7) is 2.33. The third-order valence-electron chi connectivity index (χ3n) is 4.38. The molecule has 1 radical (unpaired) electrons. The summed E-state index contributed by atoms with van der Waals surface area (Å²) in [7, 11) is 0. The van der Waals surface area contributed by atoms with Crippen LogP contribution in [0.4, 0.5) is 0 Å². The molecule has 3 fully saturated rings. The van der Waals surface area contributed by atoms with Crippen molar-refractivity contribution in [2.24, 2.45) is 5.92 Å². The fraction of sp³-hybridized carbons (Fsp3) is 0.533. The van der Waals surface area contributed by atoms with Gasteiger partial charge in [-0.1, -0.05) is 0 Å². The van der Waals surface area contributed by atoms with E-state index in [2.05, 4.69) is 4.90 Å². The molecule has 18 heavy (non-hydrogen) atoms. The van der Waals surface area contributed by atoms with Gasteiger partial charge in [0, 0.05) is 24.8 Å². The third kappa shape index (κ3) is 2.27. The Labute approximate surface area is 107 Å². The monoisotopic (exact) mass is 245 g/mol. The summed E-state index contributed by atoms with van der Waals surface area (Å²) in [4.78, 5) is 14.7. The molecule has 4 rings (SSSR count). The minimum Gasteiger partial charge on any atom is -0.508 e. The van der Waals surface area contributed by atoms with Crippen LogP contribution in [0.3, 0.4) is 0 Å². The Kier molecular flexibility index (Phi) is 3.08. The number of carbonyl (C=O) groups is 1. The quantitative estimate of drug-likeness (QED) is 0.656. The van der Waals surface area contributed by atoms with Crippen LogP contribution in [0.15, 0.2) is 24.3 Å². The number of hydrogen-bond donors (Lipinski definition) is 1. The van der Waals surface area contributed by atoms with Crippen molar-refractivity contribution in [1.29, 1.82) is 0 Å². The molecule has 3 saturated heterocycles. The van der Waals surface area contributed by atoms with Gasteiger partial charge in [-0.2, -0.15) is 4.90 Å². The number of phenolic OH excluding ortho intramolecular Hbond substituents is 1. The molecule has 1 aromatic carbocycles. The maximum absolute atomic E-state index is 12.2. The van der Waals surface area contributed by atoms with Crippen molar-refractivity contribution in [2.45, 2.75) is 31.7 Å². The van der Waals surface area contributed by atoms with E-state index in [1.807, 2.05) is 0 Å². The van der Waals surface area contributed by atoms with E-state index in [1.54, 1.807) is 24.3 Å². The molecule has 1 atom stereocenters. The molecule has 3 aliphatic rings. The van der Waals surface area contributed by atoms with Gasteiger partial charge >= 0.3 is 0 Å². The number of benzene rings is 1. The number of aromatic hydroxyl groups is 1. The fourth-order valence-electron chi connectivity index (χ4n) is 3.28. The molecule has 0 aliphatic carbocycles. The highest BCUT2D eigenvalue weighted by Gasteiger charge is 2.42. The lowest BCUT2D eigenvalue weighted by molar-refractivity contribution is 0.0852. The average Bonchev–Trinajstić information content (AvgIpc) is 2.41. The second-order valence-corrected chi connectivity index (χ2v) is 5.54.